The van der Waals surface area contributed by atoms with E-state index in [1.54, 1.807) is 0 Å². The van der Waals surface area contributed by atoms with Crippen LogP contribution in [0.25, 0.3) is 0 Å². The van der Waals surface area contributed by atoms with Crippen LogP contribution in [0, 0.1) is 0 Å². The molecule has 1 aromatic rings. The number of thiol groups is 1. The fraction of sp³-hybridized carbons (Fsp3) is 0.667. The molecule has 0 unspecified atom stereocenters. The molecule has 0 amide bonds. The van der Waals surface area contributed by atoms with E-state index in [4.69, 9.17) is 0 Å². The Morgan fingerprint density at radius 3 is 2.79 bits per heavy atom. The molecule has 0 N–H and O–H groups in total. The van der Waals surface area contributed by atoms with Crippen LogP contribution in [-0.4, -0.2) is 22.6 Å². The van der Waals surface area contributed by atoms with Gasteiger partial charge in [0.1, 0.15) is 0 Å². The molecule has 19 heavy (non-hydrogen) atoms. The molecule has 0 bridgehead atoms. The minimum absolute atomic E-state index is 0.173. The SMILES string of the molecule is CCCCn1c2c(cc(CS)c1=O)CN(CC)CC2. The first-order chi connectivity index (χ1) is 9.21. The zero-order valence-corrected chi connectivity index (χ0v) is 12.9. The topological polar surface area (TPSA) is 25.2 Å². The summed E-state index contributed by atoms with van der Waals surface area (Å²) in [6.07, 6.45) is 3.18. The van der Waals surface area contributed by atoms with Crippen LogP contribution < -0.4 is 5.56 Å². The number of hydrogen-bond acceptors (Lipinski definition) is 3. The molecule has 1 aliphatic rings. The second-order valence-electron chi connectivity index (χ2n) is 5.23. The first-order valence-electron chi connectivity index (χ1n) is 7.28. The maximum absolute atomic E-state index is 12.4. The zero-order valence-electron chi connectivity index (χ0n) is 12.0. The Bertz CT molecular complexity index is 496. The van der Waals surface area contributed by atoms with Crippen LogP contribution in [0.4, 0.5) is 0 Å². The third kappa shape index (κ3) is 3.06. The number of unbranched alkanes of at least 4 members (excludes halogenated alkanes) is 1. The monoisotopic (exact) mass is 280 g/mol. The molecule has 0 saturated carbocycles. The van der Waals surface area contributed by atoms with Gasteiger partial charge in [-0.15, -0.1) is 0 Å². The molecule has 4 heteroatoms. The van der Waals surface area contributed by atoms with Crippen LogP contribution in [0.1, 0.15) is 43.5 Å². The highest BCUT2D eigenvalue weighted by atomic mass is 32.1. The van der Waals surface area contributed by atoms with Crippen molar-refractivity contribution < 1.29 is 0 Å². The first-order valence-corrected chi connectivity index (χ1v) is 7.92. The van der Waals surface area contributed by atoms with Crippen molar-refractivity contribution >= 4 is 12.6 Å². The van der Waals surface area contributed by atoms with Gasteiger partial charge in [-0.05, 0) is 24.6 Å². The van der Waals surface area contributed by atoms with Crippen molar-refractivity contribution in [3.05, 3.63) is 33.2 Å². The molecule has 2 heterocycles. The molecule has 3 nitrogen and oxygen atoms in total. The standard InChI is InChI=1S/C15H24N2OS/c1-3-5-7-17-14-6-8-16(4-2)10-12(14)9-13(11-19)15(17)18/h9,19H,3-8,10-11H2,1-2H3. The molecule has 106 valence electrons. The molecular formula is C15H24N2OS. The van der Waals surface area contributed by atoms with Crippen molar-refractivity contribution in [3.8, 4) is 0 Å². The van der Waals surface area contributed by atoms with Gasteiger partial charge in [0.2, 0.25) is 0 Å². The second-order valence-corrected chi connectivity index (χ2v) is 5.54. The largest absolute Gasteiger partial charge is 0.312 e. The fourth-order valence-electron chi connectivity index (χ4n) is 2.78. The molecule has 0 radical (unpaired) electrons. The summed E-state index contributed by atoms with van der Waals surface area (Å²) < 4.78 is 2.01. The third-order valence-corrected chi connectivity index (χ3v) is 4.32. The molecule has 0 aliphatic carbocycles. The van der Waals surface area contributed by atoms with Gasteiger partial charge < -0.3 is 4.57 Å². The molecule has 0 saturated heterocycles. The van der Waals surface area contributed by atoms with E-state index in [1.807, 2.05) is 4.57 Å². The van der Waals surface area contributed by atoms with E-state index in [2.05, 4.69) is 37.4 Å². The quantitative estimate of drug-likeness (QED) is 0.838. The number of nitrogens with zero attached hydrogens (tertiary/aromatic N) is 2. The summed E-state index contributed by atoms with van der Waals surface area (Å²) in [6, 6.07) is 2.08. The lowest BCUT2D eigenvalue weighted by Crippen LogP contribution is -2.36. The molecule has 0 fully saturated rings. The van der Waals surface area contributed by atoms with Gasteiger partial charge in [0, 0.05) is 43.1 Å². The second kappa shape index (κ2) is 6.62. The summed E-state index contributed by atoms with van der Waals surface area (Å²) >= 11 is 4.30. The van der Waals surface area contributed by atoms with Crippen LogP contribution in [0.15, 0.2) is 10.9 Å². The lowest BCUT2D eigenvalue weighted by atomic mass is 10.0. The average molecular weight is 280 g/mol. The van der Waals surface area contributed by atoms with E-state index in [0.717, 1.165) is 51.0 Å². The Morgan fingerprint density at radius 2 is 2.16 bits per heavy atom. The zero-order chi connectivity index (χ0) is 13.8. The van der Waals surface area contributed by atoms with Crippen LogP contribution in [0.5, 0.6) is 0 Å². The van der Waals surface area contributed by atoms with Crippen LogP contribution >= 0.6 is 12.6 Å². The fourth-order valence-corrected chi connectivity index (χ4v) is 3.00. The Morgan fingerprint density at radius 1 is 1.37 bits per heavy atom. The summed E-state index contributed by atoms with van der Waals surface area (Å²) in [5, 5.41) is 0. The minimum atomic E-state index is 0.173. The van der Waals surface area contributed by atoms with Crippen LogP contribution in [0.3, 0.4) is 0 Å². The molecule has 1 aromatic heterocycles. The van der Waals surface area contributed by atoms with Crippen LogP contribution in [-0.2, 0) is 25.3 Å². The van der Waals surface area contributed by atoms with Crippen molar-refractivity contribution in [1.82, 2.24) is 9.47 Å². The summed E-state index contributed by atoms with van der Waals surface area (Å²) in [5.41, 5.74) is 3.60. The highest BCUT2D eigenvalue weighted by Gasteiger charge is 2.20. The van der Waals surface area contributed by atoms with Gasteiger partial charge in [-0.25, -0.2) is 0 Å². The predicted octanol–water partition coefficient (Wildman–Crippen LogP) is 2.46. The molecule has 0 atom stereocenters. The van der Waals surface area contributed by atoms with E-state index in [-0.39, 0.29) is 5.56 Å². The van der Waals surface area contributed by atoms with Gasteiger partial charge in [0.05, 0.1) is 0 Å². The van der Waals surface area contributed by atoms with E-state index in [9.17, 15) is 4.79 Å². The number of rotatable bonds is 5. The van der Waals surface area contributed by atoms with Gasteiger partial charge in [-0.1, -0.05) is 20.3 Å². The molecule has 0 spiro atoms. The van der Waals surface area contributed by atoms with Gasteiger partial charge in [-0.3, -0.25) is 9.69 Å². The number of pyridine rings is 1. The number of hydrogen-bond donors (Lipinski definition) is 1. The Kier molecular flexibility index (Phi) is 5.11. The molecular weight excluding hydrogens is 256 g/mol. The van der Waals surface area contributed by atoms with E-state index < -0.39 is 0 Å². The lowest BCUT2D eigenvalue weighted by Gasteiger charge is -2.30. The predicted molar refractivity (Wildman–Crippen MR) is 83.0 cm³/mol. The van der Waals surface area contributed by atoms with Gasteiger partial charge in [0.15, 0.2) is 0 Å². The number of aromatic nitrogens is 1. The van der Waals surface area contributed by atoms with Crippen molar-refractivity contribution in [2.45, 2.75) is 52.0 Å². The van der Waals surface area contributed by atoms with E-state index in [0.29, 0.717) is 5.75 Å². The summed E-state index contributed by atoms with van der Waals surface area (Å²) in [4.78, 5) is 14.9. The maximum Gasteiger partial charge on any atom is 0.254 e. The van der Waals surface area contributed by atoms with E-state index in [1.165, 1.54) is 11.3 Å². The number of likely N-dealkylation sites (N-methyl/N-ethyl adjacent to an activating group) is 1. The van der Waals surface area contributed by atoms with Gasteiger partial charge in [0.25, 0.3) is 5.56 Å². The maximum atomic E-state index is 12.4. The van der Waals surface area contributed by atoms with Crippen LogP contribution in [0.2, 0.25) is 0 Å². The first kappa shape index (κ1) is 14.7. The molecule has 0 aromatic carbocycles. The Labute approximate surface area is 121 Å². The number of fused-ring (bicyclic) bond motifs is 1. The van der Waals surface area contributed by atoms with Gasteiger partial charge >= 0.3 is 0 Å². The van der Waals surface area contributed by atoms with Crippen molar-refractivity contribution in [2.75, 3.05) is 13.1 Å². The Balaban J connectivity index is 2.43. The van der Waals surface area contributed by atoms with E-state index >= 15 is 0 Å². The van der Waals surface area contributed by atoms with Crippen molar-refractivity contribution in [2.24, 2.45) is 0 Å². The third-order valence-electron chi connectivity index (χ3n) is 3.98. The minimum Gasteiger partial charge on any atom is -0.312 e. The summed E-state index contributed by atoms with van der Waals surface area (Å²) in [5.74, 6) is 0.532. The highest BCUT2D eigenvalue weighted by molar-refractivity contribution is 7.79. The van der Waals surface area contributed by atoms with Crippen molar-refractivity contribution in [1.29, 1.82) is 0 Å². The molecule has 2 rings (SSSR count). The summed E-state index contributed by atoms with van der Waals surface area (Å²) in [7, 11) is 0. The summed E-state index contributed by atoms with van der Waals surface area (Å²) in [6.45, 7) is 8.32. The lowest BCUT2D eigenvalue weighted by molar-refractivity contribution is 0.261. The Hall–Kier alpha value is -0.740. The molecule has 1 aliphatic heterocycles. The smallest absolute Gasteiger partial charge is 0.254 e. The van der Waals surface area contributed by atoms with Crippen molar-refractivity contribution in [3.63, 3.8) is 0 Å². The van der Waals surface area contributed by atoms with Gasteiger partial charge in [-0.2, -0.15) is 12.6 Å². The normalized spacial score (nSPS) is 15.5. The highest BCUT2D eigenvalue weighted by Crippen LogP contribution is 2.19. The average Bonchev–Trinajstić information content (AvgIpc) is 2.45.